The molecule has 0 fully saturated rings. The molecule has 0 amide bonds. The summed E-state index contributed by atoms with van der Waals surface area (Å²) in [7, 11) is 1.78. The number of fused-ring (bicyclic) bond motifs is 1. The van der Waals surface area contributed by atoms with Gasteiger partial charge in [-0.05, 0) is 25.5 Å². The SMILES string of the molecule is Cc1cc(C)[n+]2c(/N=C(\[O-])c3ccccc3)nn(C)c2n1. The van der Waals surface area contributed by atoms with Crippen LogP contribution in [0.2, 0.25) is 0 Å². The Labute approximate surface area is 122 Å². The van der Waals surface area contributed by atoms with E-state index < -0.39 is 0 Å². The summed E-state index contributed by atoms with van der Waals surface area (Å²) in [4.78, 5) is 8.55. The first-order chi connectivity index (χ1) is 10.1. The van der Waals surface area contributed by atoms with Gasteiger partial charge in [0.05, 0.1) is 18.4 Å². The molecule has 6 heteroatoms. The van der Waals surface area contributed by atoms with Gasteiger partial charge in [-0.15, -0.1) is 14.7 Å². The molecular formula is C15H15N5O. The van der Waals surface area contributed by atoms with Crippen molar-refractivity contribution in [2.24, 2.45) is 12.0 Å². The lowest BCUT2D eigenvalue weighted by Crippen LogP contribution is -2.28. The molecule has 0 saturated carbocycles. The summed E-state index contributed by atoms with van der Waals surface area (Å²) in [5.41, 5.74) is 2.37. The molecule has 0 N–H and O–H groups in total. The predicted octanol–water partition coefficient (Wildman–Crippen LogP) is 0.609. The van der Waals surface area contributed by atoms with Crippen LogP contribution in [0.1, 0.15) is 17.0 Å². The van der Waals surface area contributed by atoms with Gasteiger partial charge < -0.3 is 5.11 Å². The Balaban J connectivity index is 2.18. The Morgan fingerprint density at radius 3 is 2.67 bits per heavy atom. The molecule has 0 saturated heterocycles. The minimum atomic E-state index is -0.317. The van der Waals surface area contributed by atoms with Crippen LogP contribution in [0, 0.1) is 13.8 Å². The van der Waals surface area contributed by atoms with E-state index in [0.717, 1.165) is 11.4 Å². The van der Waals surface area contributed by atoms with E-state index >= 15 is 0 Å². The fourth-order valence-corrected chi connectivity index (χ4v) is 2.26. The Hall–Kier alpha value is -2.76. The van der Waals surface area contributed by atoms with E-state index in [2.05, 4.69) is 15.1 Å². The normalized spacial score (nSPS) is 12.0. The van der Waals surface area contributed by atoms with Gasteiger partial charge in [-0.1, -0.05) is 30.3 Å². The summed E-state index contributed by atoms with van der Waals surface area (Å²) in [6.07, 6.45) is 0. The summed E-state index contributed by atoms with van der Waals surface area (Å²) in [5, 5.41) is 16.5. The Bertz CT molecular complexity index is 836. The maximum atomic E-state index is 12.2. The third-order valence-electron chi connectivity index (χ3n) is 3.20. The van der Waals surface area contributed by atoms with Crippen molar-refractivity contribution >= 4 is 17.6 Å². The fourth-order valence-electron chi connectivity index (χ4n) is 2.26. The number of aromatic nitrogens is 4. The molecule has 1 aromatic carbocycles. The molecule has 0 spiro atoms. The van der Waals surface area contributed by atoms with Crippen LogP contribution in [-0.2, 0) is 7.05 Å². The summed E-state index contributed by atoms with van der Waals surface area (Å²) >= 11 is 0. The molecule has 3 aromatic rings. The summed E-state index contributed by atoms with van der Waals surface area (Å²) in [6.45, 7) is 3.86. The van der Waals surface area contributed by atoms with Crippen molar-refractivity contribution in [1.82, 2.24) is 14.8 Å². The average molecular weight is 281 g/mol. The average Bonchev–Trinajstić information content (AvgIpc) is 2.76. The predicted molar refractivity (Wildman–Crippen MR) is 76.3 cm³/mol. The highest BCUT2D eigenvalue weighted by Gasteiger charge is 2.19. The molecule has 0 radical (unpaired) electrons. The lowest BCUT2D eigenvalue weighted by molar-refractivity contribution is -0.509. The van der Waals surface area contributed by atoms with Crippen molar-refractivity contribution in [3.63, 3.8) is 0 Å². The van der Waals surface area contributed by atoms with Gasteiger partial charge in [0.1, 0.15) is 0 Å². The van der Waals surface area contributed by atoms with E-state index in [-0.39, 0.29) is 5.90 Å². The van der Waals surface area contributed by atoms with Crippen LogP contribution in [0.5, 0.6) is 0 Å². The van der Waals surface area contributed by atoms with Crippen molar-refractivity contribution in [3.05, 3.63) is 53.3 Å². The first-order valence-electron chi connectivity index (χ1n) is 6.60. The zero-order chi connectivity index (χ0) is 15.0. The van der Waals surface area contributed by atoms with Crippen LogP contribution < -0.4 is 9.51 Å². The number of nitrogens with zero attached hydrogens (tertiary/aromatic N) is 5. The monoisotopic (exact) mass is 281 g/mol. The van der Waals surface area contributed by atoms with Gasteiger partial charge in [-0.25, -0.2) is 0 Å². The van der Waals surface area contributed by atoms with Crippen LogP contribution in [0.3, 0.4) is 0 Å². The van der Waals surface area contributed by atoms with Crippen molar-refractivity contribution in [2.75, 3.05) is 0 Å². The molecule has 2 heterocycles. The van der Waals surface area contributed by atoms with E-state index in [9.17, 15) is 5.11 Å². The van der Waals surface area contributed by atoms with Gasteiger partial charge in [0.15, 0.2) is 0 Å². The smallest absolute Gasteiger partial charge is 0.387 e. The third-order valence-corrected chi connectivity index (χ3v) is 3.20. The molecule has 0 aliphatic carbocycles. The van der Waals surface area contributed by atoms with Gasteiger partial charge >= 0.3 is 11.7 Å². The number of hydrogen-bond donors (Lipinski definition) is 0. The molecule has 21 heavy (non-hydrogen) atoms. The molecule has 6 nitrogen and oxygen atoms in total. The highest BCUT2D eigenvalue weighted by atomic mass is 16.3. The van der Waals surface area contributed by atoms with Crippen LogP contribution in [0.25, 0.3) is 5.78 Å². The molecule has 106 valence electrons. The minimum Gasteiger partial charge on any atom is -0.851 e. The number of benzene rings is 1. The van der Waals surface area contributed by atoms with Crippen molar-refractivity contribution < 1.29 is 9.51 Å². The molecule has 0 aliphatic heterocycles. The van der Waals surface area contributed by atoms with Gasteiger partial charge in [0, 0.05) is 11.0 Å². The second kappa shape index (κ2) is 4.97. The summed E-state index contributed by atoms with van der Waals surface area (Å²) < 4.78 is 3.39. The number of rotatable bonds is 2. The molecule has 2 aromatic heterocycles. The first-order valence-corrected chi connectivity index (χ1v) is 6.60. The van der Waals surface area contributed by atoms with Gasteiger partial charge in [-0.3, -0.25) is 0 Å². The number of hydrogen-bond acceptors (Lipinski definition) is 4. The van der Waals surface area contributed by atoms with E-state index in [1.807, 2.05) is 38.1 Å². The second-order valence-corrected chi connectivity index (χ2v) is 4.88. The molecule has 0 atom stereocenters. The lowest BCUT2D eigenvalue weighted by atomic mass is 10.2. The van der Waals surface area contributed by atoms with Crippen LogP contribution in [0.15, 0.2) is 41.4 Å². The number of aryl methyl sites for hydroxylation is 3. The molecule has 3 rings (SSSR count). The number of aliphatic imine (C=N–C) groups is 1. The first kappa shape index (κ1) is 13.2. The van der Waals surface area contributed by atoms with Crippen molar-refractivity contribution in [2.45, 2.75) is 13.8 Å². The molecule has 0 aliphatic rings. The highest BCUT2D eigenvalue weighted by Crippen LogP contribution is 2.09. The highest BCUT2D eigenvalue weighted by molar-refractivity contribution is 5.91. The van der Waals surface area contributed by atoms with E-state index in [1.54, 1.807) is 28.3 Å². The van der Waals surface area contributed by atoms with E-state index in [1.165, 1.54) is 0 Å². The van der Waals surface area contributed by atoms with Crippen LogP contribution in [-0.4, -0.2) is 20.7 Å². The van der Waals surface area contributed by atoms with Gasteiger partial charge in [0.2, 0.25) is 0 Å². The van der Waals surface area contributed by atoms with Crippen molar-refractivity contribution in [1.29, 1.82) is 0 Å². The summed E-state index contributed by atoms with van der Waals surface area (Å²) in [5.74, 6) is 0.682. The Morgan fingerprint density at radius 1 is 1.24 bits per heavy atom. The lowest BCUT2D eigenvalue weighted by Gasteiger charge is -2.06. The second-order valence-electron chi connectivity index (χ2n) is 4.88. The zero-order valence-electron chi connectivity index (χ0n) is 12.1. The Kier molecular flexibility index (Phi) is 3.13. The fraction of sp³-hybridized carbons (Fsp3) is 0.200. The molecular weight excluding hydrogens is 266 g/mol. The Morgan fingerprint density at radius 2 is 1.95 bits per heavy atom. The molecule has 0 unspecified atom stereocenters. The summed E-state index contributed by atoms with van der Waals surface area (Å²) in [6, 6.07) is 10.9. The van der Waals surface area contributed by atoms with Crippen LogP contribution >= 0.6 is 0 Å². The van der Waals surface area contributed by atoms with Gasteiger partial charge in [-0.2, -0.15) is 4.40 Å². The van der Waals surface area contributed by atoms with Crippen molar-refractivity contribution in [3.8, 4) is 0 Å². The topological polar surface area (TPSA) is 70.2 Å². The maximum Gasteiger partial charge on any atom is 0.387 e. The third kappa shape index (κ3) is 2.35. The van der Waals surface area contributed by atoms with E-state index in [0.29, 0.717) is 17.3 Å². The van der Waals surface area contributed by atoms with E-state index in [4.69, 9.17) is 0 Å². The maximum absolute atomic E-state index is 12.2. The standard InChI is InChI=1S/C15H15N5O/c1-10-9-11(2)20-14(18-19(3)15(20)16-10)17-13(21)12-7-5-4-6-8-12/h4-9H,1-3H3. The van der Waals surface area contributed by atoms with Gasteiger partial charge in [0.25, 0.3) is 0 Å². The molecule has 0 bridgehead atoms. The van der Waals surface area contributed by atoms with Crippen LogP contribution in [0.4, 0.5) is 5.95 Å². The minimum absolute atomic E-state index is 0.317. The largest absolute Gasteiger partial charge is 0.851 e. The quantitative estimate of drug-likeness (QED) is 0.392. The zero-order valence-corrected chi connectivity index (χ0v) is 12.1.